The van der Waals surface area contributed by atoms with Gasteiger partial charge in [0.05, 0.1) is 0 Å². The molecule has 1 fully saturated rings. The van der Waals surface area contributed by atoms with Crippen LogP contribution in [0.1, 0.15) is 38.0 Å². The molecule has 6 heteroatoms. The molecule has 1 aliphatic rings. The molecule has 3 atom stereocenters. The molecule has 1 saturated carbocycles. The van der Waals surface area contributed by atoms with Crippen LogP contribution in [-0.2, 0) is 16.6 Å². The summed E-state index contributed by atoms with van der Waals surface area (Å²) in [7, 11) is -1.51. The van der Waals surface area contributed by atoms with Gasteiger partial charge in [0.15, 0.2) is 0 Å². The van der Waals surface area contributed by atoms with Crippen molar-refractivity contribution in [2.75, 3.05) is 7.05 Å². The highest BCUT2D eigenvalue weighted by Crippen LogP contribution is 2.31. The van der Waals surface area contributed by atoms with Gasteiger partial charge in [-0.15, -0.1) is 11.3 Å². The van der Waals surface area contributed by atoms with E-state index in [0.717, 1.165) is 17.7 Å². The summed E-state index contributed by atoms with van der Waals surface area (Å²) in [6.07, 6.45) is 3.25. The number of rotatable bonds is 5. The normalized spacial score (nSPS) is 27.6. The summed E-state index contributed by atoms with van der Waals surface area (Å²) in [5.74, 6) is 0.981. The van der Waals surface area contributed by atoms with Crippen LogP contribution in [0.3, 0.4) is 0 Å². The Balaban J connectivity index is 2.09. The molecule has 0 aliphatic heterocycles. The number of hydrogen-bond acceptors (Lipinski definition) is 4. The molecule has 1 aromatic rings. The van der Waals surface area contributed by atoms with Crippen molar-refractivity contribution in [1.82, 2.24) is 10.0 Å². The molecule has 0 amide bonds. The molecule has 4 nitrogen and oxygen atoms in total. The van der Waals surface area contributed by atoms with Gasteiger partial charge in [-0.25, -0.2) is 13.1 Å². The summed E-state index contributed by atoms with van der Waals surface area (Å²) in [6, 6.07) is 3.65. The molecule has 1 aromatic heterocycles. The van der Waals surface area contributed by atoms with Crippen LogP contribution in [0.5, 0.6) is 0 Å². The van der Waals surface area contributed by atoms with Crippen molar-refractivity contribution in [3.63, 3.8) is 0 Å². The fraction of sp³-hybridized carbons (Fsp3) is 0.714. The third kappa shape index (κ3) is 3.61. The molecule has 1 aliphatic carbocycles. The maximum absolute atomic E-state index is 12.4. The van der Waals surface area contributed by atoms with Gasteiger partial charge in [0, 0.05) is 17.5 Å². The molecule has 2 rings (SSSR count). The standard InChI is InChI=1S/C14H24N2O2S2/c1-10-5-4-6-13(11(10)2)16-20(17,18)14-8-7-12(19-14)9-15-3/h7-8,10-11,13,15-16H,4-6,9H2,1-3H3. The maximum atomic E-state index is 12.4. The van der Waals surface area contributed by atoms with Gasteiger partial charge >= 0.3 is 0 Å². The molecule has 0 radical (unpaired) electrons. The Morgan fingerprint density at radius 1 is 1.30 bits per heavy atom. The summed E-state index contributed by atoms with van der Waals surface area (Å²) in [4.78, 5) is 1.04. The average Bonchev–Trinajstić information content (AvgIpc) is 2.85. The van der Waals surface area contributed by atoms with Gasteiger partial charge in [-0.2, -0.15) is 0 Å². The molecule has 3 unspecified atom stereocenters. The highest BCUT2D eigenvalue weighted by molar-refractivity contribution is 7.91. The number of nitrogens with one attached hydrogen (secondary N) is 2. The van der Waals surface area contributed by atoms with Gasteiger partial charge in [-0.3, -0.25) is 0 Å². The van der Waals surface area contributed by atoms with Crippen LogP contribution in [-0.4, -0.2) is 21.5 Å². The molecular formula is C14H24N2O2S2. The molecule has 0 saturated heterocycles. The highest BCUT2D eigenvalue weighted by atomic mass is 32.2. The van der Waals surface area contributed by atoms with E-state index in [0.29, 0.717) is 22.6 Å². The minimum absolute atomic E-state index is 0.0681. The minimum Gasteiger partial charge on any atom is -0.315 e. The van der Waals surface area contributed by atoms with Crippen molar-refractivity contribution in [1.29, 1.82) is 0 Å². The van der Waals surface area contributed by atoms with Crippen molar-refractivity contribution in [3.05, 3.63) is 17.0 Å². The van der Waals surface area contributed by atoms with E-state index in [-0.39, 0.29) is 6.04 Å². The van der Waals surface area contributed by atoms with E-state index in [1.165, 1.54) is 17.8 Å². The van der Waals surface area contributed by atoms with E-state index in [9.17, 15) is 8.42 Å². The molecule has 114 valence electrons. The van der Waals surface area contributed by atoms with Gasteiger partial charge in [-0.1, -0.05) is 26.7 Å². The third-order valence-electron chi connectivity index (χ3n) is 4.27. The number of sulfonamides is 1. The molecule has 0 spiro atoms. The van der Waals surface area contributed by atoms with Crippen LogP contribution in [0, 0.1) is 11.8 Å². The van der Waals surface area contributed by atoms with Crippen LogP contribution in [0.15, 0.2) is 16.3 Å². The first kappa shape index (κ1) is 15.9. The number of hydrogen-bond donors (Lipinski definition) is 2. The molecule has 0 bridgehead atoms. The first-order valence-electron chi connectivity index (χ1n) is 7.19. The van der Waals surface area contributed by atoms with E-state index < -0.39 is 10.0 Å². The average molecular weight is 316 g/mol. The monoisotopic (exact) mass is 316 g/mol. The topological polar surface area (TPSA) is 58.2 Å². The predicted octanol–water partition coefficient (Wildman–Crippen LogP) is 2.57. The Labute approximate surface area is 126 Å². The van der Waals surface area contributed by atoms with Crippen LogP contribution < -0.4 is 10.0 Å². The Morgan fingerprint density at radius 3 is 2.75 bits per heavy atom. The zero-order chi connectivity index (χ0) is 14.8. The van der Waals surface area contributed by atoms with Gasteiger partial charge in [-0.05, 0) is 37.4 Å². The first-order chi connectivity index (χ1) is 9.44. The summed E-state index contributed by atoms with van der Waals surface area (Å²) < 4.78 is 28.2. The zero-order valence-corrected chi connectivity index (χ0v) is 14.0. The molecule has 2 N–H and O–H groups in total. The van der Waals surface area contributed by atoms with Crippen LogP contribution in [0.2, 0.25) is 0 Å². The second-order valence-corrected chi connectivity index (χ2v) is 8.86. The van der Waals surface area contributed by atoms with E-state index in [1.807, 2.05) is 13.1 Å². The van der Waals surface area contributed by atoms with Crippen molar-refractivity contribution < 1.29 is 8.42 Å². The Hall–Kier alpha value is -0.430. The SMILES string of the molecule is CNCc1ccc(S(=O)(=O)NC2CCCC(C)C2C)s1. The predicted molar refractivity (Wildman–Crippen MR) is 83.4 cm³/mol. The van der Waals surface area contributed by atoms with Crippen LogP contribution in [0.25, 0.3) is 0 Å². The Kier molecular flexibility index (Phi) is 5.23. The van der Waals surface area contributed by atoms with Crippen molar-refractivity contribution in [3.8, 4) is 0 Å². The zero-order valence-electron chi connectivity index (χ0n) is 12.3. The third-order valence-corrected chi connectivity index (χ3v) is 7.33. The van der Waals surface area contributed by atoms with Gasteiger partial charge in [0.1, 0.15) is 4.21 Å². The van der Waals surface area contributed by atoms with E-state index >= 15 is 0 Å². The summed E-state index contributed by atoms with van der Waals surface area (Å²) in [5, 5.41) is 3.04. The fourth-order valence-corrected chi connectivity index (χ4v) is 5.52. The lowest BCUT2D eigenvalue weighted by Gasteiger charge is -2.34. The smallest absolute Gasteiger partial charge is 0.250 e. The summed E-state index contributed by atoms with van der Waals surface area (Å²) in [6.45, 7) is 5.07. The largest absolute Gasteiger partial charge is 0.315 e. The first-order valence-corrected chi connectivity index (χ1v) is 9.49. The lowest BCUT2D eigenvalue weighted by molar-refractivity contribution is 0.227. The number of thiophene rings is 1. The van der Waals surface area contributed by atoms with E-state index in [1.54, 1.807) is 6.07 Å². The highest BCUT2D eigenvalue weighted by Gasteiger charge is 2.31. The summed E-state index contributed by atoms with van der Waals surface area (Å²) in [5.41, 5.74) is 0. The van der Waals surface area contributed by atoms with Crippen molar-refractivity contribution >= 4 is 21.4 Å². The molecule has 1 heterocycles. The van der Waals surface area contributed by atoms with Crippen LogP contribution >= 0.6 is 11.3 Å². The van der Waals surface area contributed by atoms with Crippen molar-refractivity contribution in [2.24, 2.45) is 11.8 Å². The van der Waals surface area contributed by atoms with Gasteiger partial charge in [0.25, 0.3) is 0 Å². The maximum Gasteiger partial charge on any atom is 0.250 e. The second kappa shape index (κ2) is 6.56. The Bertz CT molecular complexity index is 539. The van der Waals surface area contributed by atoms with Gasteiger partial charge in [0.2, 0.25) is 10.0 Å². The van der Waals surface area contributed by atoms with Crippen molar-refractivity contribution in [2.45, 2.75) is 49.9 Å². The van der Waals surface area contributed by atoms with E-state index in [4.69, 9.17) is 0 Å². The van der Waals surface area contributed by atoms with E-state index in [2.05, 4.69) is 23.9 Å². The fourth-order valence-electron chi connectivity index (χ4n) is 2.78. The molecule has 20 heavy (non-hydrogen) atoms. The lowest BCUT2D eigenvalue weighted by atomic mass is 9.78. The van der Waals surface area contributed by atoms with Crippen LogP contribution in [0.4, 0.5) is 0 Å². The minimum atomic E-state index is -3.37. The van der Waals surface area contributed by atoms with Gasteiger partial charge < -0.3 is 5.32 Å². The second-order valence-electron chi connectivity index (χ2n) is 5.75. The summed E-state index contributed by atoms with van der Waals surface area (Å²) >= 11 is 1.34. The molecule has 0 aromatic carbocycles. The molecular weight excluding hydrogens is 292 g/mol. The quantitative estimate of drug-likeness (QED) is 0.878. The Morgan fingerprint density at radius 2 is 2.05 bits per heavy atom. The lowest BCUT2D eigenvalue weighted by Crippen LogP contribution is -2.43.